The number of ether oxygens (including phenoxy) is 2. The second-order valence-electron chi connectivity index (χ2n) is 10.4. The molecule has 2 saturated heterocycles. The molecular formula is C26H35N3O2. The Kier molecular flexibility index (Phi) is 5.07. The Morgan fingerprint density at radius 3 is 2.81 bits per heavy atom. The van der Waals surface area contributed by atoms with Gasteiger partial charge in [0.1, 0.15) is 5.75 Å². The van der Waals surface area contributed by atoms with Crippen molar-refractivity contribution in [1.29, 1.82) is 0 Å². The van der Waals surface area contributed by atoms with Crippen LogP contribution >= 0.6 is 0 Å². The number of aromatic nitrogens is 1. The number of nitrogens with zero attached hydrogens (tertiary/aromatic N) is 2. The van der Waals surface area contributed by atoms with E-state index in [1.807, 2.05) is 7.11 Å². The number of hydrogen-bond acceptors (Lipinski definition) is 5. The van der Waals surface area contributed by atoms with Crippen molar-refractivity contribution in [3.05, 3.63) is 29.0 Å². The van der Waals surface area contributed by atoms with Crippen molar-refractivity contribution in [3.63, 3.8) is 0 Å². The molecule has 1 aromatic heterocycles. The number of likely N-dealkylation sites (tertiary alicyclic amines) is 1. The van der Waals surface area contributed by atoms with Crippen LogP contribution in [0.2, 0.25) is 0 Å². The van der Waals surface area contributed by atoms with Crippen LogP contribution in [-0.4, -0.2) is 56.4 Å². The summed E-state index contributed by atoms with van der Waals surface area (Å²) in [6.07, 6.45) is 9.74. The van der Waals surface area contributed by atoms with Crippen LogP contribution in [0, 0.1) is 11.3 Å². The zero-order valence-electron chi connectivity index (χ0n) is 18.8. The number of anilines is 1. The number of nitrogens with one attached hydrogen (secondary N) is 1. The summed E-state index contributed by atoms with van der Waals surface area (Å²) in [6.45, 7) is 6.73. The fourth-order valence-corrected chi connectivity index (χ4v) is 5.77. The molecule has 1 spiro atoms. The smallest absolute Gasteiger partial charge is 0.122 e. The first-order chi connectivity index (χ1) is 15.2. The number of methoxy groups -OCH3 is 1. The van der Waals surface area contributed by atoms with Crippen molar-refractivity contribution in [2.45, 2.75) is 51.4 Å². The van der Waals surface area contributed by atoms with Gasteiger partial charge >= 0.3 is 0 Å². The predicted octanol–water partition coefficient (Wildman–Crippen LogP) is 4.21. The van der Waals surface area contributed by atoms with Crippen LogP contribution in [0.5, 0.6) is 5.75 Å². The summed E-state index contributed by atoms with van der Waals surface area (Å²) >= 11 is 0. The van der Waals surface area contributed by atoms with E-state index in [0.29, 0.717) is 5.41 Å². The quantitative estimate of drug-likeness (QED) is 0.615. The second kappa shape index (κ2) is 7.93. The van der Waals surface area contributed by atoms with Crippen LogP contribution in [0.1, 0.15) is 48.9 Å². The summed E-state index contributed by atoms with van der Waals surface area (Å²) in [7, 11) is 1.81. The predicted molar refractivity (Wildman–Crippen MR) is 124 cm³/mol. The van der Waals surface area contributed by atoms with E-state index in [-0.39, 0.29) is 0 Å². The van der Waals surface area contributed by atoms with E-state index in [2.05, 4.69) is 22.3 Å². The Morgan fingerprint density at radius 2 is 2.06 bits per heavy atom. The maximum Gasteiger partial charge on any atom is 0.122 e. The average molecular weight is 422 g/mol. The highest BCUT2D eigenvalue weighted by atomic mass is 16.5. The molecule has 0 atom stereocenters. The van der Waals surface area contributed by atoms with Gasteiger partial charge in [-0.1, -0.05) is 0 Å². The molecule has 2 aromatic rings. The monoisotopic (exact) mass is 421 g/mol. The number of benzene rings is 1. The molecule has 1 saturated carbocycles. The van der Waals surface area contributed by atoms with Crippen molar-refractivity contribution in [1.82, 2.24) is 9.88 Å². The van der Waals surface area contributed by atoms with Gasteiger partial charge in [0.25, 0.3) is 0 Å². The second-order valence-corrected chi connectivity index (χ2v) is 10.4. The molecular weight excluding hydrogens is 386 g/mol. The van der Waals surface area contributed by atoms with Gasteiger partial charge in [-0.25, -0.2) is 0 Å². The van der Waals surface area contributed by atoms with E-state index in [4.69, 9.17) is 14.5 Å². The molecule has 6 rings (SSSR count). The lowest BCUT2D eigenvalue weighted by Gasteiger charge is -2.55. The first kappa shape index (κ1) is 19.8. The van der Waals surface area contributed by atoms with Crippen LogP contribution < -0.4 is 10.1 Å². The minimum atomic E-state index is 0.527. The SMILES string of the molecule is COc1cc2c(NCC3CC3)c3c(nc2cc1CCCCN1CC2(COC2)C1)CCC3. The number of hydrogen-bond donors (Lipinski definition) is 1. The van der Waals surface area contributed by atoms with Crippen molar-refractivity contribution >= 4 is 16.6 Å². The molecule has 3 fully saturated rings. The zero-order chi connectivity index (χ0) is 20.8. The molecule has 0 unspecified atom stereocenters. The average Bonchev–Trinajstić information content (AvgIpc) is 3.43. The van der Waals surface area contributed by atoms with Gasteiger partial charge in [0, 0.05) is 41.8 Å². The van der Waals surface area contributed by atoms with E-state index in [1.54, 1.807) is 0 Å². The fraction of sp³-hybridized carbons (Fsp3) is 0.654. The fourth-order valence-electron chi connectivity index (χ4n) is 5.77. The summed E-state index contributed by atoms with van der Waals surface area (Å²) in [5, 5.41) is 5.05. The molecule has 5 heteroatoms. The minimum Gasteiger partial charge on any atom is -0.496 e. The molecule has 2 aliphatic carbocycles. The van der Waals surface area contributed by atoms with E-state index in [1.165, 1.54) is 79.6 Å². The first-order valence-corrected chi connectivity index (χ1v) is 12.3. The molecule has 31 heavy (non-hydrogen) atoms. The van der Waals surface area contributed by atoms with E-state index in [0.717, 1.165) is 56.2 Å². The van der Waals surface area contributed by atoms with Crippen LogP contribution in [0.15, 0.2) is 12.1 Å². The summed E-state index contributed by atoms with van der Waals surface area (Å²) in [5.74, 6) is 1.88. The number of fused-ring (bicyclic) bond motifs is 2. The van der Waals surface area contributed by atoms with Crippen molar-refractivity contribution in [2.75, 3.05) is 51.8 Å². The minimum absolute atomic E-state index is 0.527. The molecule has 0 bridgehead atoms. The van der Waals surface area contributed by atoms with E-state index in [9.17, 15) is 0 Å². The molecule has 3 heterocycles. The van der Waals surface area contributed by atoms with Gasteiger partial charge in [0.05, 0.1) is 25.8 Å². The summed E-state index contributed by atoms with van der Waals surface area (Å²) in [5.41, 5.74) is 7.07. The number of unbranched alkanes of at least 4 members (excludes halogenated alkanes) is 1. The highest BCUT2D eigenvalue weighted by molar-refractivity contribution is 5.95. The summed E-state index contributed by atoms with van der Waals surface area (Å²) in [4.78, 5) is 7.68. The third-order valence-corrected chi connectivity index (χ3v) is 7.78. The lowest BCUT2D eigenvalue weighted by molar-refractivity contribution is -0.188. The maximum atomic E-state index is 5.85. The lowest BCUT2D eigenvalue weighted by atomic mass is 9.78. The molecule has 4 aliphatic rings. The molecule has 2 aliphatic heterocycles. The van der Waals surface area contributed by atoms with Gasteiger partial charge in [-0.05, 0) is 87.1 Å². The van der Waals surface area contributed by atoms with Crippen molar-refractivity contribution < 1.29 is 9.47 Å². The van der Waals surface area contributed by atoms with Crippen molar-refractivity contribution in [3.8, 4) is 5.75 Å². The van der Waals surface area contributed by atoms with Crippen LogP contribution in [0.3, 0.4) is 0 Å². The molecule has 166 valence electrons. The van der Waals surface area contributed by atoms with Gasteiger partial charge < -0.3 is 19.7 Å². The van der Waals surface area contributed by atoms with Crippen molar-refractivity contribution in [2.24, 2.45) is 11.3 Å². The molecule has 0 radical (unpaired) electrons. The normalized spacial score (nSPS) is 21.7. The van der Waals surface area contributed by atoms with E-state index < -0.39 is 0 Å². The van der Waals surface area contributed by atoms with Crippen LogP contribution in [0.4, 0.5) is 5.69 Å². The van der Waals surface area contributed by atoms with Crippen LogP contribution in [-0.2, 0) is 24.0 Å². The Balaban J connectivity index is 1.16. The molecule has 1 N–H and O–H groups in total. The van der Waals surface area contributed by atoms with Gasteiger partial charge in [0.15, 0.2) is 0 Å². The number of aryl methyl sites for hydroxylation is 2. The summed E-state index contributed by atoms with van der Waals surface area (Å²) < 4.78 is 11.2. The lowest BCUT2D eigenvalue weighted by Crippen LogP contribution is -2.65. The molecule has 1 aromatic carbocycles. The van der Waals surface area contributed by atoms with Crippen LogP contribution in [0.25, 0.3) is 10.9 Å². The molecule has 5 nitrogen and oxygen atoms in total. The maximum absolute atomic E-state index is 5.85. The van der Waals surface area contributed by atoms with Gasteiger partial charge in [0.2, 0.25) is 0 Å². The highest BCUT2D eigenvalue weighted by Crippen LogP contribution is 2.39. The largest absolute Gasteiger partial charge is 0.496 e. The number of rotatable bonds is 9. The Hall–Kier alpha value is -1.85. The Bertz CT molecular complexity index is 973. The highest BCUT2D eigenvalue weighted by Gasteiger charge is 2.48. The Labute approximate surface area is 185 Å². The standard InChI is InChI=1S/C26H35N3O2/c1-30-24-12-21-23(28-22-7-4-6-20(22)25(21)27-13-18-8-9-18)11-19(24)5-2-3-10-29-14-26(15-29)16-31-17-26/h11-12,18H,2-10,13-17H2,1H3,(H,27,28). The number of pyridine rings is 1. The summed E-state index contributed by atoms with van der Waals surface area (Å²) in [6, 6.07) is 4.56. The topological polar surface area (TPSA) is 46.6 Å². The van der Waals surface area contributed by atoms with Gasteiger partial charge in [-0.15, -0.1) is 0 Å². The first-order valence-electron chi connectivity index (χ1n) is 12.3. The van der Waals surface area contributed by atoms with Gasteiger partial charge in [-0.2, -0.15) is 0 Å². The third-order valence-electron chi connectivity index (χ3n) is 7.78. The zero-order valence-corrected chi connectivity index (χ0v) is 18.8. The Morgan fingerprint density at radius 1 is 1.19 bits per heavy atom. The molecule has 0 amide bonds. The van der Waals surface area contributed by atoms with Gasteiger partial charge in [-0.3, -0.25) is 4.98 Å². The third kappa shape index (κ3) is 3.80. The van der Waals surface area contributed by atoms with E-state index >= 15 is 0 Å².